The Morgan fingerprint density at radius 1 is 1.39 bits per heavy atom. The molecule has 0 bridgehead atoms. The molecular weight excluding hydrogens is 250 g/mol. The fourth-order valence-electron chi connectivity index (χ4n) is 1.67. The molecule has 0 fully saturated rings. The van der Waals surface area contributed by atoms with Gasteiger partial charge < -0.3 is 15.6 Å². The largest absolute Gasteiger partial charge is 0.490 e. The highest BCUT2D eigenvalue weighted by Gasteiger charge is 2.23. The van der Waals surface area contributed by atoms with E-state index < -0.39 is 5.60 Å². The summed E-state index contributed by atoms with van der Waals surface area (Å²) in [7, 11) is 0. The van der Waals surface area contributed by atoms with Crippen LogP contribution in [0.2, 0.25) is 5.02 Å². The van der Waals surface area contributed by atoms with Crippen molar-refractivity contribution in [1.82, 2.24) is 0 Å². The molecule has 1 rings (SSSR count). The van der Waals surface area contributed by atoms with Crippen molar-refractivity contribution in [1.29, 1.82) is 0 Å². The summed E-state index contributed by atoms with van der Waals surface area (Å²) in [5, 5.41) is 10.8. The first kappa shape index (κ1) is 15.3. The number of aliphatic hydroxyl groups is 1. The zero-order valence-corrected chi connectivity index (χ0v) is 12.0. The second kappa shape index (κ2) is 6.41. The van der Waals surface area contributed by atoms with Crippen LogP contribution in [0.5, 0.6) is 5.75 Å². The Bertz CT molecular complexity index is 389. The summed E-state index contributed by atoms with van der Waals surface area (Å²) >= 11 is 5.95. The van der Waals surface area contributed by atoms with E-state index in [2.05, 4.69) is 0 Å². The van der Waals surface area contributed by atoms with Crippen LogP contribution in [0.4, 0.5) is 0 Å². The van der Waals surface area contributed by atoms with Gasteiger partial charge in [-0.25, -0.2) is 0 Å². The van der Waals surface area contributed by atoms with E-state index in [9.17, 15) is 5.11 Å². The second-order valence-corrected chi connectivity index (χ2v) is 5.13. The minimum Gasteiger partial charge on any atom is -0.490 e. The first-order valence-electron chi connectivity index (χ1n) is 6.32. The molecule has 3 N–H and O–H groups in total. The summed E-state index contributed by atoms with van der Waals surface area (Å²) in [5.74, 6) is 0.690. The van der Waals surface area contributed by atoms with Gasteiger partial charge in [-0.1, -0.05) is 25.4 Å². The molecule has 1 unspecified atom stereocenters. The van der Waals surface area contributed by atoms with Crippen LogP contribution in [0, 0.1) is 0 Å². The molecule has 0 amide bonds. The number of hydrogen-bond donors (Lipinski definition) is 2. The molecule has 18 heavy (non-hydrogen) atoms. The number of halogens is 1. The Morgan fingerprint density at radius 3 is 2.50 bits per heavy atom. The van der Waals surface area contributed by atoms with Gasteiger partial charge in [0.25, 0.3) is 0 Å². The second-order valence-electron chi connectivity index (χ2n) is 4.69. The van der Waals surface area contributed by atoms with E-state index in [1.165, 1.54) is 0 Å². The minimum absolute atomic E-state index is 0.157. The van der Waals surface area contributed by atoms with Crippen LogP contribution in [-0.2, 0) is 0 Å². The van der Waals surface area contributed by atoms with Crippen molar-refractivity contribution in [3.63, 3.8) is 0 Å². The third-order valence-corrected chi connectivity index (χ3v) is 3.51. The quantitative estimate of drug-likeness (QED) is 0.835. The van der Waals surface area contributed by atoms with Crippen LogP contribution in [0.1, 0.15) is 45.2 Å². The molecule has 0 radical (unpaired) electrons. The minimum atomic E-state index is -0.783. The molecular formula is C14H22ClNO2. The van der Waals surface area contributed by atoms with E-state index in [4.69, 9.17) is 22.1 Å². The molecule has 0 aliphatic rings. The van der Waals surface area contributed by atoms with Crippen molar-refractivity contribution in [2.75, 3.05) is 6.61 Å². The van der Waals surface area contributed by atoms with E-state index in [0.717, 1.165) is 5.56 Å². The number of hydrogen-bond acceptors (Lipinski definition) is 3. The summed E-state index contributed by atoms with van der Waals surface area (Å²) in [4.78, 5) is 0. The van der Waals surface area contributed by atoms with Crippen molar-refractivity contribution in [2.24, 2.45) is 5.73 Å². The summed E-state index contributed by atoms with van der Waals surface area (Å²) in [6.45, 7) is 6.04. The Kier molecular flexibility index (Phi) is 5.45. The van der Waals surface area contributed by atoms with Gasteiger partial charge in [0.2, 0.25) is 0 Å². The predicted molar refractivity (Wildman–Crippen MR) is 75.1 cm³/mol. The van der Waals surface area contributed by atoms with Crippen LogP contribution in [0.15, 0.2) is 18.2 Å². The fourth-order valence-corrected chi connectivity index (χ4v) is 1.85. The highest BCUT2D eigenvalue weighted by Crippen LogP contribution is 2.28. The van der Waals surface area contributed by atoms with Gasteiger partial charge >= 0.3 is 0 Å². The van der Waals surface area contributed by atoms with Gasteiger partial charge in [0.05, 0.1) is 5.60 Å². The molecule has 0 saturated heterocycles. The molecule has 4 heteroatoms. The molecule has 102 valence electrons. The maximum absolute atomic E-state index is 10.2. The maximum Gasteiger partial charge on any atom is 0.124 e. The first-order valence-corrected chi connectivity index (χ1v) is 6.70. The van der Waals surface area contributed by atoms with Crippen molar-refractivity contribution in [2.45, 2.75) is 45.3 Å². The van der Waals surface area contributed by atoms with Crippen molar-refractivity contribution in [3.05, 3.63) is 28.8 Å². The van der Waals surface area contributed by atoms with Gasteiger partial charge in [0, 0.05) is 16.6 Å². The Balaban J connectivity index is 2.85. The Morgan fingerprint density at radius 2 is 2.00 bits per heavy atom. The Labute approximate surface area is 114 Å². The third-order valence-electron chi connectivity index (χ3n) is 3.27. The van der Waals surface area contributed by atoms with Gasteiger partial charge in [-0.2, -0.15) is 0 Å². The molecule has 0 aromatic heterocycles. The Hall–Kier alpha value is -0.770. The number of ether oxygens (including phenoxy) is 1. The van der Waals surface area contributed by atoms with Crippen LogP contribution in [-0.4, -0.2) is 17.3 Å². The molecule has 1 aromatic carbocycles. The average molecular weight is 272 g/mol. The molecule has 1 aromatic rings. The van der Waals surface area contributed by atoms with Gasteiger partial charge in [-0.05, 0) is 38.0 Å². The van der Waals surface area contributed by atoms with Crippen LogP contribution >= 0.6 is 11.6 Å². The van der Waals surface area contributed by atoms with Crippen molar-refractivity contribution in [3.8, 4) is 5.75 Å². The van der Waals surface area contributed by atoms with E-state index in [1.54, 1.807) is 18.2 Å². The molecule has 0 aliphatic heterocycles. The molecule has 1 atom stereocenters. The number of nitrogens with two attached hydrogens (primary N) is 1. The zero-order chi connectivity index (χ0) is 13.8. The summed E-state index contributed by atoms with van der Waals surface area (Å²) in [6, 6.07) is 5.21. The van der Waals surface area contributed by atoms with E-state index in [-0.39, 0.29) is 12.6 Å². The molecule has 0 aliphatic carbocycles. The molecule has 0 saturated carbocycles. The van der Waals surface area contributed by atoms with Gasteiger partial charge in [-0.3, -0.25) is 0 Å². The topological polar surface area (TPSA) is 55.5 Å². The number of rotatable bonds is 6. The van der Waals surface area contributed by atoms with Crippen LogP contribution in [0.25, 0.3) is 0 Å². The maximum atomic E-state index is 10.2. The fraction of sp³-hybridized carbons (Fsp3) is 0.571. The highest BCUT2D eigenvalue weighted by molar-refractivity contribution is 6.30. The third kappa shape index (κ3) is 3.87. The first-order chi connectivity index (χ1) is 8.41. The highest BCUT2D eigenvalue weighted by atomic mass is 35.5. The molecule has 0 spiro atoms. The van der Waals surface area contributed by atoms with Crippen LogP contribution < -0.4 is 10.5 Å². The van der Waals surface area contributed by atoms with E-state index in [0.29, 0.717) is 23.6 Å². The zero-order valence-electron chi connectivity index (χ0n) is 11.2. The molecule has 0 heterocycles. The lowest BCUT2D eigenvalue weighted by Crippen LogP contribution is -2.34. The lowest BCUT2D eigenvalue weighted by molar-refractivity contribution is -0.0116. The van der Waals surface area contributed by atoms with Crippen LogP contribution in [0.3, 0.4) is 0 Å². The summed E-state index contributed by atoms with van der Waals surface area (Å²) in [5.41, 5.74) is 5.96. The summed E-state index contributed by atoms with van der Waals surface area (Å²) in [6.07, 6.45) is 1.31. The van der Waals surface area contributed by atoms with E-state index in [1.807, 2.05) is 20.8 Å². The summed E-state index contributed by atoms with van der Waals surface area (Å²) < 4.78 is 5.71. The van der Waals surface area contributed by atoms with Gasteiger partial charge in [-0.15, -0.1) is 0 Å². The lowest BCUT2D eigenvalue weighted by atomic mass is 9.99. The SMILES string of the molecule is CCC(O)(CC)COc1ccc(Cl)cc1C(C)N. The van der Waals surface area contributed by atoms with Crippen molar-refractivity contribution >= 4 is 11.6 Å². The monoisotopic (exact) mass is 271 g/mol. The predicted octanol–water partition coefficient (Wildman–Crippen LogP) is 3.29. The lowest BCUT2D eigenvalue weighted by Gasteiger charge is -2.26. The normalized spacial score (nSPS) is 13.4. The number of benzene rings is 1. The van der Waals surface area contributed by atoms with E-state index >= 15 is 0 Å². The van der Waals surface area contributed by atoms with Gasteiger partial charge in [0.15, 0.2) is 0 Å². The smallest absolute Gasteiger partial charge is 0.124 e. The van der Waals surface area contributed by atoms with Crippen molar-refractivity contribution < 1.29 is 9.84 Å². The average Bonchev–Trinajstić information content (AvgIpc) is 2.36. The molecule has 3 nitrogen and oxygen atoms in total. The standard InChI is InChI=1S/C14H22ClNO2/c1-4-14(17,5-2)9-18-13-7-6-11(15)8-12(13)10(3)16/h6-8,10,17H,4-5,9,16H2,1-3H3. The van der Waals surface area contributed by atoms with Gasteiger partial charge in [0.1, 0.15) is 12.4 Å².